The lowest BCUT2D eigenvalue weighted by atomic mass is 9.97. The Morgan fingerprint density at radius 3 is 2.96 bits per heavy atom. The number of hydrogen-bond donors (Lipinski definition) is 1. The molecule has 1 aliphatic rings. The van der Waals surface area contributed by atoms with Gasteiger partial charge in [-0.25, -0.2) is 15.0 Å². The Balaban J connectivity index is 1.67. The zero-order chi connectivity index (χ0) is 18.6. The highest BCUT2D eigenvalue weighted by Gasteiger charge is 2.21. The number of aromatic nitrogens is 4. The molecule has 0 spiro atoms. The van der Waals surface area contributed by atoms with E-state index in [4.69, 9.17) is 14.7 Å². The molecule has 0 aliphatic heterocycles. The van der Waals surface area contributed by atoms with Gasteiger partial charge < -0.3 is 10.1 Å². The SMILES string of the molecule is C=C(C)COCCNc1nc(-c2cnccn2)nc2sc3c(c12)CCCC3. The van der Waals surface area contributed by atoms with Gasteiger partial charge in [0.25, 0.3) is 0 Å². The summed E-state index contributed by atoms with van der Waals surface area (Å²) in [5, 5.41) is 4.63. The summed E-state index contributed by atoms with van der Waals surface area (Å²) in [6.07, 6.45) is 9.75. The second kappa shape index (κ2) is 8.10. The number of aryl methyl sites for hydroxylation is 2. The summed E-state index contributed by atoms with van der Waals surface area (Å²) < 4.78 is 5.61. The molecule has 0 saturated carbocycles. The lowest BCUT2D eigenvalue weighted by molar-refractivity contribution is 0.167. The van der Waals surface area contributed by atoms with Crippen LogP contribution in [0.3, 0.4) is 0 Å². The Morgan fingerprint density at radius 1 is 1.26 bits per heavy atom. The Morgan fingerprint density at radius 2 is 2.15 bits per heavy atom. The number of ether oxygens (including phenoxy) is 1. The van der Waals surface area contributed by atoms with E-state index in [0.29, 0.717) is 31.3 Å². The van der Waals surface area contributed by atoms with Crippen LogP contribution in [0.25, 0.3) is 21.7 Å². The number of rotatable bonds is 7. The molecule has 1 aliphatic carbocycles. The van der Waals surface area contributed by atoms with Crippen LogP contribution in [0.4, 0.5) is 5.82 Å². The molecule has 0 atom stereocenters. The fourth-order valence-electron chi connectivity index (χ4n) is 3.30. The topological polar surface area (TPSA) is 72.8 Å². The van der Waals surface area contributed by atoms with Crippen molar-refractivity contribution in [3.63, 3.8) is 0 Å². The fraction of sp³-hybridized carbons (Fsp3) is 0.400. The van der Waals surface area contributed by atoms with Crippen molar-refractivity contribution in [2.45, 2.75) is 32.6 Å². The maximum atomic E-state index is 5.61. The van der Waals surface area contributed by atoms with Crippen LogP contribution >= 0.6 is 11.3 Å². The highest BCUT2D eigenvalue weighted by Crippen LogP contribution is 2.39. The molecule has 3 heterocycles. The number of nitrogens with one attached hydrogen (secondary N) is 1. The third-order valence-corrected chi connectivity index (χ3v) is 5.68. The van der Waals surface area contributed by atoms with Gasteiger partial charge in [-0.1, -0.05) is 12.2 Å². The first kappa shape index (κ1) is 18.0. The normalized spacial score (nSPS) is 13.5. The van der Waals surface area contributed by atoms with Gasteiger partial charge in [0.15, 0.2) is 5.82 Å². The minimum atomic E-state index is 0.583. The predicted molar refractivity (Wildman–Crippen MR) is 109 cm³/mol. The molecule has 7 heteroatoms. The van der Waals surface area contributed by atoms with Crippen molar-refractivity contribution in [3.05, 3.63) is 41.2 Å². The van der Waals surface area contributed by atoms with Crippen molar-refractivity contribution in [1.82, 2.24) is 19.9 Å². The third-order valence-electron chi connectivity index (χ3n) is 4.49. The van der Waals surface area contributed by atoms with Gasteiger partial charge in [-0.3, -0.25) is 4.98 Å². The molecule has 1 N–H and O–H groups in total. The zero-order valence-electron chi connectivity index (χ0n) is 15.5. The molecule has 0 radical (unpaired) electrons. The highest BCUT2D eigenvalue weighted by molar-refractivity contribution is 7.19. The minimum absolute atomic E-state index is 0.583. The Hall–Kier alpha value is -2.38. The molecule has 0 unspecified atom stereocenters. The molecular weight excluding hydrogens is 358 g/mol. The number of hydrogen-bond acceptors (Lipinski definition) is 7. The Kier molecular flexibility index (Phi) is 5.40. The average molecular weight is 382 g/mol. The molecule has 3 aromatic rings. The Bertz CT molecular complexity index is 954. The van der Waals surface area contributed by atoms with Gasteiger partial charge >= 0.3 is 0 Å². The number of anilines is 1. The lowest BCUT2D eigenvalue weighted by Crippen LogP contribution is -2.12. The van der Waals surface area contributed by atoms with Crippen LogP contribution in [-0.2, 0) is 17.6 Å². The summed E-state index contributed by atoms with van der Waals surface area (Å²) >= 11 is 1.79. The molecule has 6 nitrogen and oxygen atoms in total. The zero-order valence-corrected chi connectivity index (χ0v) is 16.3. The maximum Gasteiger partial charge on any atom is 0.183 e. The largest absolute Gasteiger partial charge is 0.375 e. The van der Waals surface area contributed by atoms with Gasteiger partial charge in [0.2, 0.25) is 0 Å². The van der Waals surface area contributed by atoms with E-state index < -0.39 is 0 Å². The monoisotopic (exact) mass is 381 g/mol. The average Bonchev–Trinajstić information content (AvgIpc) is 3.06. The molecule has 0 amide bonds. The van der Waals surface area contributed by atoms with E-state index in [0.717, 1.165) is 29.1 Å². The van der Waals surface area contributed by atoms with Gasteiger partial charge in [-0.2, -0.15) is 0 Å². The second-order valence-corrected chi connectivity index (χ2v) is 7.90. The summed E-state index contributed by atoms with van der Waals surface area (Å²) in [6, 6.07) is 0. The summed E-state index contributed by atoms with van der Waals surface area (Å²) in [5.41, 5.74) is 3.13. The van der Waals surface area contributed by atoms with E-state index in [1.165, 1.54) is 28.7 Å². The third kappa shape index (κ3) is 3.99. The van der Waals surface area contributed by atoms with Crippen LogP contribution in [0, 0.1) is 0 Å². The number of nitrogens with zero attached hydrogens (tertiary/aromatic N) is 4. The maximum absolute atomic E-state index is 5.61. The summed E-state index contributed by atoms with van der Waals surface area (Å²) in [5.74, 6) is 1.48. The quantitative estimate of drug-likeness (QED) is 0.492. The molecule has 4 rings (SSSR count). The van der Waals surface area contributed by atoms with Crippen molar-refractivity contribution < 1.29 is 4.74 Å². The van der Waals surface area contributed by atoms with E-state index in [1.807, 2.05) is 6.92 Å². The summed E-state index contributed by atoms with van der Waals surface area (Å²) in [7, 11) is 0. The highest BCUT2D eigenvalue weighted by atomic mass is 32.1. The number of fused-ring (bicyclic) bond motifs is 3. The summed E-state index contributed by atoms with van der Waals surface area (Å²) in [4.78, 5) is 20.6. The standard InChI is InChI=1S/C20H23N5OS/c1-13(2)12-26-10-9-23-19-17-14-5-3-4-6-16(14)27-20(17)25-18(24-19)15-11-21-7-8-22-15/h7-8,11H,1,3-6,9-10,12H2,2H3,(H,23,24,25). The van der Waals surface area contributed by atoms with Crippen molar-refractivity contribution in [1.29, 1.82) is 0 Å². The molecule has 0 bridgehead atoms. The molecule has 27 heavy (non-hydrogen) atoms. The molecule has 0 saturated heterocycles. The van der Waals surface area contributed by atoms with Crippen LogP contribution in [0.1, 0.15) is 30.2 Å². The van der Waals surface area contributed by atoms with E-state index in [2.05, 4.69) is 21.9 Å². The molecule has 0 fully saturated rings. The van der Waals surface area contributed by atoms with Gasteiger partial charge in [0.1, 0.15) is 16.3 Å². The first-order chi connectivity index (χ1) is 13.2. The number of thiophene rings is 1. The fourth-order valence-corrected chi connectivity index (χ4v) is 4.56. The van der Waals surface area contributed by atoms with Crippen LogP contribution < -0.4 is 5.32 Å². The van der Waals surface area contributed by atoms with Crippen molar-refractivity contribution in [2.75, 3.05) is 25.1 Å². The van der Waals surface area contributed by atoms with Crippen molar-refractivity contribution in [2.24, 2.45) is 0 Å². The van der Waals surface area contributed by atoms with Gasteiger partial charge in [0.05, 0.1) is 24.8 Å². The van der Waals surface area contributed by atoms with E-state index in [1.54, 1.807) is 29.9 Å². The molecular formula is C20H23N5OS. The van der Waals surface area contributed by atoms with Crippen molar-refractivity contribution in [3.8, 4) is 11.5 Å². The molecule has 140 valence electrons. The second-order valence-electron chi connectivity index (χ2n) is 6.81. The first-order valence-electron chi connectivity index (χ1n) is 9.27. The summed E-state index contributed by atoms with van der Waals surface area (Å²) in [6.45, 7) is 7.69. The van der Waals surface area contributed by atoms with Crippen molar-refractivity contribution >= 4 is 27.4 Å². The van der Waals surface area contributed by atoms with Gasteiger partial charge in [0, 0.05) is 23.8 Å². The smallest absolute Gasteiger partial charge is 0.183 e. The van der Waals surface area contributed by atoms with Gasteiger partial charge in [-0.15, -0.1) is 11.3 Å². The van der Waals surface area contributed by atoms with Crippen LogP contribution in [0.2, 0.25) is 0 Å². The predicted octanol–water partition coefficient (Wildman–Crippen LogP) is 4.03. The van der Waals surface area contributed by atoms with Crippen LogP contribution in [-0.4, -0.2) is 39.7 Å². The minimum Gasteiger partial charge on any atom is -0.375 e. The van der Waals surface area contributed by atoms with E-state index in [-0.39, 0.29) is 0 Å². The van der Waals surface area contributed by atoms with Crippen LogP contribution in [0.5, 0.6) is 0 Å². The molecule has 0 aromatic carbocycles. The van der Waals surface area contributed by atoms with E-state index in [9.17, 15) is 0 Å². The van der Waals surface area contributed by atoms with Crippen LogP contribution in [0.15, 0.2) is 30.7 Å². The lowest BCUT2D eigenvalue weighted by Gasteiger charge is -2.13. The van der Waals surface area contributed by atoms with E-state index >= 15 is 0 Å². The van der Waals surface area contributed by atoms with Gasteiger partial charge in [-0.05, 0) is 38.2 Å². The molecule has 3 aromatic heterocycles. The first-order valence-corrected chi connectivity index (χ1v) is 10.1. The Labute approximate surface area is 162 Å².